The Morgan fingerprint density at radius 3 is 2.16 bits per heavy atom. The van der Waals surface area contributed by atoms with Gasteiger partial charge in [0.2, 0.25) is 0 Å². The van der Waals surface area contributed by atoms with Crippen LogP contribution in [0.4, 0.5) is 0 Å². The summed E-state index contributed by atoms with van der Waals surface area (Å²) in [7, 11) is 0. The van der Waals surface area contributed by atoms with Crippen LogP contribution in [-0.2, 0) is 9.53 Å². The second kappa shape index (κ2) is 12.5. The molecule has 114 valence electrons. The van der Waals surface area contributed by atoms with Gasteiger partial charge in [-0.2, -0.15) is 0 Å². The van der Waals surface area contributed by atoms with E-state index in [0.29, 0.717) is 19.1 Å². The van der Waals surface area contributed by atoms with Crippen LogP contribution in [-0.4, -0.2) is 36.6 Å². The van der Waals surface area contributed by atoms with E-state index in [2.05, 4.69) is 25.7 Å². The predicted octanol–water partition coefficient (Wildman–Crippen LogP) is 4.01. The third-order valence-corrected chi connectivity index (χ3v) is 3.68. The summed E-state index contributed by atoms with van der Waals surface area (Å²) in [5.74, 6) is -0.0482. The zero-order valence-electron chi connectivity index (χ0n) is 13.4. The topological polar surface area (TPSA) is 29.5 Å². The number of carbonyl (C=O) groups is 1. The molecule has 0 heterocycles. The Morgan fingerprint density at radius 2 is 1.63 bits per heavy atom. The van der Waals surface area contributed by atoms with E-state index in [1.165, 1.54) is 32.1 Å². The van der Waals surface area contributed by atoms with Crippen molar-refractivity contribution in [1.29, 1.82) is 0 Å². The van der Waals surface area contributed by atoms with Gasteiger partial charge in [-0.05, 0) is 26.4 Å². The first-order valence-electron chi connectivity index (χ1n) is 8.09. The Labute approximate surface area is 119 Å². The van der Waals surface area contributed by atoms with Crippen LogP contribution in [0.3, 0.4) is 0 Å². The Morgan fingerprint density at radius 1 is 1.00 bits per heavy atom. The maximum Gasteiger partial charge on any atom is 0.307 e. The molecule has 0 aromatic heterocycles. The van der Waals surface area contributed by atoms with Gasteiger partial charge in [0.25, 0.3) is 0 Å². The van der Waals surface area contributed by atoms with Crippen molar-refractivity contribution in [3.8, 4) is 0 Å². The fourth-order valence-corrected chi connectivity index (χ4v) is 2.55. The molecule has 0 N–H and O–H groups in total. The Bertz CT molecular complexity index is 215. The summed E-state index contributed by atoms with van der Waals surface area (Å²) in [5.41, 5.74) is 0. The highest BCUT2D eigenvalue weighted by molar-refractivity contribution is 5.70. The van der Waals surface area contributed by atoms with E-state index in [9.17, 15) is 4.79 Å². The first kappa shape index (κ1) is 18.4. The highest BCUT2D eigenvalue weighted by Crippen LogP contribution is 2.15. The molecular formula is C16H33NO2. The van der Waals surface area contributed by atoms with Gasteiger partial charge < -0.3 is 9.64 Å². The molecule has 0 rings (SSSR count). The van der Waals surface area contributed by atoms with Crippen molar-refractivity contribution < 1.29 is 9.53 Å². The third kappa shape index (κ3) is 9.04. The molecule has 1 atom stereocenters. The molecule has 0 spiro atoms. The van der Waals surface area contributed by atoms with Crippen LogP contribution < -0.4 is 0 Å². The number of unbranched alkanes of at least 4 members (excludes halogenated alkanes) is 4. The van der Waals surface area contributed by atoms with Crippen LogP contribution in [0.5, 0.6) is 0 Å². The molecule has 0 aromatic rings. The van der Waals surface area contributed by atoms with Crippen LogP contribution in [0.15, 0.2) is 0 Å². The Kier molecular flexibility index (Phi) is 12.1. The standard InChI is InChI=1S/C16H33NO2/c1-5-9-10-11-12-13-15(17(6-2)7-3)14-16(18)19-8-4/h15H,5-14H2,1-4H3. The van der Waals surface area contributed by atoms with Crippen molar-refractivity contribution in [3.63, 3.8) is 0 Å². The fourth-order valence-electron chi connectivity index (χ4n) is 2.55. The van der Waals surface area contributed by atoms with E-state index in [4.69, 9.17) is 4.74 Å². The minimum absolute atomic E-state index is 0.0482. The summed E-state index contributed by atoms with van der Waals surface area (Å²) in [6.45, 7) is 10.9. The Balaban J connectivity index is 4.13. The van der Waals surface area contributed by atoms with E-state index in [1.807, 2.05) is 6.92 Å². The van der Waals surface area contributed by atoms with Crippen LogP contribution in [0.25, 0.3) is 0 Å². The maximum atomic E-state index is 11.7. The molecule has 0 aliphatic heterocycles. The van der Waals surface area contributed by atoms with Gasteiger partial charge in [-0.3, -0.25) is 4.79 Å². The number of nitrogens with zero attached hydrogens (tertiary/aromatic N) is 1. The van der Waals surface area contributed by atoms with Crippen LogP contribution in [0.2, 0.25) is 0 Å². The van der Waals surface area contributed by atoms with Gasteiger partial charge in [0.1, 0.15) is 0 Å². The zero-order chi connectivity index (χ0) is 14.5. The molecule has 3 heteroatoms. The summed E-state index contributed by atoms with van der Waals surface area (Å²) in [6, 6.07) is 0.357. The first-order chi connectivity index (χ1) is 9.19. The van der Waals surface area contributed by atoms with Gasteiger partial charge in [-0.1, -0.05) is 52.9 Å². The Hall–Kier alpha value is -0.570. The quantitative estimate of drug-likeness (QED) is 0.397. The van der Waals surface area contributed by atoms with Crippen molar-refractivity contribution in [3.05, 3.63) is 0 Å². The lowest BCUT2D eigenvalue weighted by Gasteiger charge is -2.29. The van der Waals surface area contributed by atoms with Gasteiger partial charge >= 0.3 is 5.97 Å². The zero-order valence-corrected chi connectivity index (χ0v) is 13.4. The highest BCUT2D eigenvalue weighted by Gasteiger charge is 2.19. The number of ether oxygens (including phenoxy) is 1. The molecule has 0 saturated carbocycles. The molecule has 0 saturated heterocycles. The van der Waals surface area contributed by atoms with E-state index >= 15 is 0 Å². The maximum absolute atomic E-state index is 11.7. The van der Waals surface area contributed by atoms with E-state index < -0.39 is 0 Å². The van der Waals surface area contributed by atoms with E-state index in [1.54, 1.807) is 0 Å². The molecule has 0 aromatic carbocycles. The summed E-state index contributed by atoms with van der Waals surface area (Å²) < 4.78 is 5.09. The molecular weight excluding hydrogens is 238 g/mol. The molecule has 0 bridgehead atoms. The van der Waals surface area contributed by atoms with Crippen LogP contribution in [0, 0.1) is 0 Å². The molecule has 0 aliphatic rings. The van der Waals surface area contributed by atoms with E-state index in [-0.39, 0.29) is 5.97 Å². The molecule has 0 aliphatic carbocycles. The van der Waals surface area contributed by atoms with Crippen molar-refractivity contribution in [1.82, 2.24) is 4.90 Å². The van der Waals surface area contributed by atoms with Gasteiger partial charge in [0.05, 0.1) is 13.0 Å². The molecule has 0 radical (unpaired) electrons. The highest BCUT2D eigenvalue weighted by atomic mass is 16.5. The number of hydrogen-bond donors (Lipinski definition) is 0. The lowest BCUT2D eigenvalue weighted by Crippen LogP contribution is -2.37. The third-order valence-electron chi connectivity index (χ3n) is 3.68. The monoisotopic (exact) mass is 271 g/mol. The number of hydrogen-bond acceptors (Lipinski definition) is 3. The predicted molar refractivity (Wildman–Crippen MR) is 81.3 cm³/mol. The normalized spacial score (nSPS) is 12.7. The molecule has 19 heavy (non-hydrogen) atoms. The lowest BCUT2D eigenvalue weighted by molar-refractivity contribution is -0.144. The average Bonchev–Trinajstić information content (AvgIpc) is 2.39. The number of rotatable bonds is 12. The van der Waals surface area contributed by atoms with Crippen LogP contribution in [0.1, 0.15) is 72.6 Å². The van der Waals surface area contributed by atoms with Gasteiger partial charge in [-0.15, -0.1) is 0 Å². The molecule has 0 amide bonds. The van der Waals surface area contributed by atoms with Crippen LogP contribution >= 0.6 is 0 Å². The minimum Gasteiger partial charge on any atom is -0.466 e. The largest absolute Gasteiger partial charge is 0.466 e. The van der Waals surface area contributed by atoms with Gasteiger partial charge in [0.15, 0.2) is 0 Å². The molecule has 1 unspecified atom stereocenters. The molecule has 0 fully saturated rings. The van der Waals surface area contributed by atoms with Gasteiger partial charge in [0, 0.05) is 6.04 Å². The smallest absolute Gasteiger partial charge is 0.307 e. The van der Waals surface area contributed by atoms with E-state index in [0.717, 1.165) is 19.5 Å². The van der Waals surface area contributed by atoms with Crippen molar-refractivity contribution >= 4 is 5.97 Å². The summed E-state index contributed by atoms with van der Waals surface area (Å²) in [6.07, 6.45) is 8.10. The lowest BCUT2D eigenvalue weighted by atomic mass is 10.0. The number of carbonyl (C=O) groups excluding carboxylic acids is 1. The second-order valence-corrected chi connectivity index (χ2v) is 5.09. The summed E-state index contributed by atoms with van der Waals surface area (Å²) in [5, 5.41) is 0. The van der Waals surface area contributed by atoms with Gasteiger partial charge in [-0.25, -0.2) is 0 Å². The summed E-state index contributed by atoms with van der Waals surface area (Å²) >= 11 is 0. The average molecular weight is 271 g/mol. The molecule has 3 nitrogen and oxygen atoms in total. The SMILES string of the molecule is CCCCCCCC(CC(=O)OCC)N(CC)CC. The first-order valence-corrected chi connectivity index (χ1v) is 8.09. The fraction of sp³-hybridized carbons (Fsp3) is 0.938. The second-order valence-electron chi connectivity index (χ2n) is 5.09. The minimum atomic E-state index is -0.0482. The number of esters is 1. The van der Waals surface area contributed by atoms with Crippen molar-refractivity contribution in [2.24, 2.45) is 0 Å². The van der Waals surface area contributed by atoms with Crippen molar-refractivity contribution in [2.75, 3.05) is 19.7 Å². The van der Waals surface area contributed by atoms with Crippen molar-refractivity contribution in [2.45, 2.75) is 78.7 Å². The summed E-state index contributed by atoms with van der Waals surface area (Å²) in [4.78, 5) is 14.1.